The molecule has 10 heteroatoms. The van der Waals surface area contributed by atoms with Crippen LogP contribution in [0.2, 0.25) is 0 Å². The van der Waals surface area contributed by atoms with Gasteiger partial charge in [-0.05, 0) is 12.8 Å². The maximum atomic E-state index is 11.3. The Kier molecular flexibility index (Phi) is 10.9. The first-order valence-corrected chi connectivity index (χ1v) is 8.89. The first kappa shape index (κ1) is 24.2. The fraction of sp³-hybridized carbons (Fsp3) is 0.833. The number of hydrogen-bond donors (Lipinski definition) is 4. The monoisotopic (exact) mass is 377 g/mol. The highest BCUT2D eigenvalue weighted by atomic mass is 35.5. The number of hydrogen-bond acceptors (Lipinski definition) is 4. The molecule has 0 heterocycles. The molecule has 0 rings (SSSR count). The topological polar surface area (TPSA) is 115 Å². The number of nitrogens with zero attached hydrogens (tertiary/aromatic N) is 1. The fourth-order valence-electron chi connectivity index (χ4n) is 2.02. The lowest BCUT2D eigenvalue weighted by Crippen LogP contribution is -3.00. The van der Waals surface area contributed by atoms with Gasteiger partial charge in [-0.15, -0.1) is 0 Å². The lowest BCUT2D eigenvalue weighted by Gasteiger charge is -2.36. The van der Waals surface area contributed by atoms with Crippen molar-refractivity contribution in [3.63, 3.8) is 0 Å². The highest BCUT2D eigenvalue weighted by Gasteiger charge is 2.53. The minimum Gasteiger partial charge on any atom is -1.00 e. The number of aliphatic carboxylic acids is 1. The quantitative estimate of drug-likeness (QED) is 0.142. The Labute approximate surface area is 142 Å². The van der Waals surface area contributed by atoms with Gasteiger partial charge in [0.05, 0.1) is 20.1 Å². The number of carbonyl (C=O) groups is 1. The van der Waals surface area contributed by atoms with E-state index in [1.807, 2.05) is 7.05 Å². The van der Waals surface area contributed by atoms with Gasteiger partial charge in [0.15, 0.2) is 0 Å². The van der Waals surface area contributed by atoms with Crippen molar-refractivity contribution in [1.29, 1.82) is 0 Å². The average Bonchev–Trinajstić information content (AvgIpc) is 2.35. The van der Waals surface area contributed by atoms with E-state index < -0.39 is 25.3 Å². The van der Waals surface area contributed by atoms with Crippen LogP contribution in [0, 0.1) is 0 Å². The normalized spacial score (nSPS) is 17.0. The highest BCUT2D eigenvalue weighted by Crippen LogP contribution is 2.51. The van der Waals surface area contributed by atoms with Gasteiger partial charge in [0, 0.05) is 11.8 Å². The summed E-state index contributed by atoms with van der Waals surface area (Å²) in [6.45, 7) is 3.35. The van der Waals surface area contributed by atoms with E-state index in [1.54, 1.807) is 0 Å². The largest absolute Gasteiger partial charge is 1.00 e. The molecule has 0 aliphatic carbocycles. The molecule has 22 heavy (non-hydrogen) atoms. The van der Waals surface area contributed by atoms with Crippen molar-refractivity contribution in [2.24, 2.45) is 0 Å². The molecule has 2 atom stereocenters. The molecule has 7 nitrogen and oxygen atoms in total. The standard InChI is InChI=1S/C12H24NO6PS.ClH/c1-3-4-5-7-13(2,9-10-21)8-6-12(16,11(14)15)20(17,18)19;/h10,16H,3-9H2,1-2H3,(H2-,14,15,17,18,19);1H. The molecule has 2 unspecified atom stereocenters. The number of quaternary nitrogens is 1. The average molecular weight is 378 g/mol. The lowest BCUT2D eigenvalue weighted by molar-refractivity contribution is -0.901. The lowest BCUT2D eigenvalue weighted by atomic mass is 10.1. The van der Waals surface area contributed by atoms with Gasteiger partial charge < -0.3 is 36.9 Å². The highest BCUT2D eigenvalue weighted by molar-refractivity contribution is 7.79. The molecule has 0 aromatic heterocycles. The zero-order valence-electron chi connectivity index (χ0n) is 12.8. The number of aliphatic hydroxyl groups is 1. The third-order valence-electron chi connectivity index (χ3n) is 3.64. The number of rotatable bonds is 11. The zero-order valence-corrected chi connectivity index (χ0v) is 15.3. The number of halogens is 1. The molecule has 0 radical (unpaired) electrons. The van der Waals surface area contributed by atoms with Gasteiger partial charge in [0.25, 0.3) is 5.34 Å². The van der Waals surface area contributed by atoms with Crippen LogP contribution in [0.1, 0.15) is 32.6 Å². The van der Waals surface area contributed by atoms with Crippen molar-refractivity contribution in [2.75, 3.05) is 26.7 Å². The van der Waals surface area contributed by atoms with Gasteiger partial charge in [-0.25, -0.2) is 4.79 Å². The Balaban J connectivity index is 0. The third-order valence-corrected chi connectivity index (χ3v) is 5.17. The SMILES string of the molecule is CCCCC[N+](C)(CC=S)CCC(O)(C(=O)O)P(=O)(O)O.[Cl-]. The predicted molar refractivity (Wildman–Crippen MR) is 83.2 cm³/mol. The predicted octanol–water partition coefficient (Wildman–Crippen LogP) is -2.03. The van der Waals surface area contributed by atoms with Crippen LogP contribution in [-0.4, -0.2) is 67.8 Å². The zero-order chi connectivity index (χ0) is 16.7. The van der Waals surface area contributed by atoms with Crippen LogP contribution in [-0.2, 0) is 9.36 Å². The number of carboxylic acid groups (broad SMARTS) is 1. The molecule has 0 aliphatic heterocycles. The summed E-state index contributed by atoms with van der Waals surface area (Å²) in [5, 5.41) is 17.2. The van der Waals surface area contributed by atoms with Gasteiger partial charge in [-0.2, -0.15) is 0 Å². The van der Waals surface area contributed by atoms with E-state index in [1.165, 1.54) is 5.37 Å². The smallest absolute Gasteiger partial charge is 0.368 e. The summed E-state index contributed by atoms with van der Waals surface area (Å²) >= 11 is 4.84. The molecule has 0 saturated heterocycles. The van der Waals surface area contributed by atoms with Gasteiger partial charge in [-0.1, -0.05) is 25.6 Å². The van der Waals surface area contributed by atoms with E-state index in [4.69, 9.17) is 27.1 Å². The van der Waals surface area contributed by atoms with Crippen LogP contribution < -0.4 is 12.4 Å². The van der Waals surface area contributed by atoms with Crippen molar-refractivity contribution in [2.45, 2.75) is 37.9 Å². The second-order valence-electron chi connectivity index (χ2n) is 5.54. The number of thiocarbonyl (C=S) groups is 1. The molecule has 4 N–H and O–H groups in total. The number of unbranched alkanes of at least 4 members (excludes halogenated alkanes) is 2. The molecule has 0 fully saturated rings. The van der Waals surface area contributed by atoms with Crippen LogP contribution in [0.4, 0.5) is 0 Å². The van der Waals surface area contributed by atoms with Crippen LogP contribution in [0.15, 0.2) is 0 Å². The van der Waals surface area contributed by atoms with Crippen LogP contribution in [0.3, 0.4) is 0 Å². The molecule has 0 aromatic carbocycles. The summed E-state index contributed by atoms with van der Waals surface area (Å²) in [5.41, 5.74) is 0. The minimum absolute atomic E-state index is 0. The van der Waals surface area contributed by atoms with Gasteiger partial charge >= 0.3 is 13.6 Å². The summed E-state index contributed by atoms with van der Waals surface area (Å²) in [4.78, 5) is 29.2. The summed E-state index contributed by atoms with van der Waals surface area (Å²) in [6.07, 6.45) is 2.40. The molecular weight excluding hydrogens is 353 g/mol. The minimum atomic E-state index is -5.17. The molecule has 0 bridgehead atoms. The number of carboxylic acids is 1. The van der Waals surface area contributed by atoms with Gasteiger partial charge in [0.2, 0.25) is 0 Å². The summed E-state index contributed by atoms with van der Waals surface area (Å²) in [5.74, 6) is -1.90. The van der Waals surface area contributed by atoms with Crippen molar-refractivity contribution in [3.05, 3.63) is 0 Å². The fourth-order valence-corrected chi connectivity index (χ4v) is 3.02. The Morgan fingerprint density at radius 1 is 1.32 bits per heavy atom. The van der Waals surface area contributed by atoms with Crippen molar-refractivity contribution in [1.82, 2.24) is 0 Å². The van der Waals surface area contributed by atoms with Gasteiger partial charge in [-0.3, -0.25) is 4.57 Å². The summed E-state index contributed by atoms with van der Waals surface area (Å²) in [6, 6.07) is 0. The van der Waals surface area contributed by atoms with Crippen LogP contribution in [0.5, 0.6) is 0 Å². The Morgan fingerprint density at radius 3 is 2.23 bits per heavy atom. The molecule has 0 saturated carbocycles. The molecule has 132 valence electrons. The van der Waals surface area contributed by atoms with E-state index in [0.717, 1.165) is 19.3 Å². The second kappa shape index (κ2) is 9.93. The Bertz CT molecular complexity index is 420. The summed E-state index contributed by atoms with van der Waals surface area (Å²) in [7, 11) is -3.34. The first-order valence-electron chi connectivity index (χ1n) is 6.81. The maximum absolute atomic E-state index is 11.3. The molecule has 0 aliphatic rings. The third kappa shape index (κ3) is 7.00. The first-order chi connectivity index (χ1) is 9.52. The maximum Gasteiger partial charge on any atom is 0.368 e. The Hall–Kier alpha value is -0.0800. The van der Waals surface area contributed by atoms with Crippen LogP contribution in [0.25, 0.3) is 0 Å². The molecule has 0 amide bonds. The van der Waals surface area contributed by atoms with Crippen molar-refractivity contribution in [3.8, 4) is 0 Å². The summed E-state index contributed by atoms with van der Waals surface area (Å²) < 4.78 is 11.6. The van der Waals surface area contributed by atoms with E-state index in [2.05, 4.69) is 6.92 Å². The van der Waals surface area contributed by atoms with Gasteiger partial charge in [0.1, 0.15) is 6.54 Å². The van der Waals surface area contributed by atoms with Crippen molar-refractivity contribution < 1.29 is 46.2 Å². The molecule has 0 spiro atoms. The second-order valence-corrected chi connectivity index (χ2v) is 7.70. The van der Waals surface area contributed by atoms with E-state index >= 15 is 0 Å². The van der Waals surface area contributed by atoms with Crippen LogP contribution >= 0.6 is 19.8 Å². The van der Waals surface area contributed by atoms with E-state index in [0.29, 0.717) is 17.6 Å². The van der Waals surface area contributed by atoms with E-state index in [-0.39, 0.29) is 19.0 Å². The van der Waals surface area contributed by atoms with Crippen molar-refractivity contribution >= 4 is 31.2 Å². The van der Waals surface area contributed by atoms with E-state index in [9.17, 15) is 14.5 Å². The molecule has 0 aromatic rings. The molecular formula is C12H25ClNO6PS. The Morgan fingerprint density at radius 2 is 1.86 bits per heavy atom.